The zero-order valence-electron chi connectivity index (χ0n) is 11.9. The standard InChI is InChI=1S/C13H12F3N3O3/c1-6-9(12(20)21)18-19(2)10(6)7-4-8(22-3)11(17-5-7)13(14,15)16/h4-5H,1-3H3,(H,20,21). The Hall–Kier alpha value is -2.58. The number of rotatable bonds is 3. The SMILES string of the molecule is COc1cc(-c2c(C)c(C(=O)O)nn2C)cnc1C(F)(F)F. The van der Waals surface area contributed by atoms with Crippen molar-refractivity contribution in [3.63, 3.8) is 0 Å². The van der Waals surface area contributed by atoms with E-state index in [0.29, 0.717) is 11.3 Å². The zero-order chi connectivity index (χ0) is 16.7. The molecular formula is C13H12F3N3O3. The molecule has 0 atom stereocenters. The van der Waals surface area contributed by atoms with Crippen molar-refractivity contribution in [1.82, 2.24) is 14.8 Å². The molecule has 6 nitrogen and oxygen atoms in total. The number of alkyl halides is 3. The Morgan fingerprint density at radius 1 is 1.41 bits per heavy atom. The molecule has 0 aromatic carbocycles. The quantitative estimate of drug-likeness (QED) is 0.941. The summed E-state index contributed by atoms with van der Waals surface area (Å²) in [5, 5.41) is 12.9. The van der Waals surface area contributed by atoms with E-state index in [1.165, 1.54) is 18.7 Å². The van der Waals surface area contributed by atoms with Gasteiger partial charge in [-0.25, -0.2) is 9.78 Å². The van der Waals surface area contributed by atoms with Crippen molar-refractivity contribution >= 4 is 5.97 Å². The summed E-state index contributed by atoms with van der Waals surface area (Å²) in [7, 11) is 2.60. The summed E-state index contributed by atoms with van der Waals surface area (Å²) >= 11 is 0. The van der Waals surface area contributed by atoms with Crippen molar-refractivity contribution in [2.24, 2.45) is 7.05 Å². The van der Waals surface area contributed by atoms with E-state index in [4.69, 9.17) is 9.84 Å². The molecule has 0 fully saturated rings. The van der Waals surface area contributed by atoms with Crippen LogP contribution in [0.5, 0.6) is 5.75 Å². The lowest BCUT2D eigenvalue weighted by atomic mass is 10.1. The molecule has 22 heavy (non-hydrogen) atoms. The van der Waals surface area contributed by atoms with E-state index in [0.717, 1.165) is 19.4 Å². The lowest BCUT2D eigenvalue weighted by Crippen LogP contribution is -2.10. The number of aryl methyl sites for hydroxylation is 1. The number of halogens is 3. The average Bonchev–Trinajstić information content (AvgIpc) is 2.72. The molecule has 118 valence electrons. The Bertz CT molecular complexity index is 738. The van der Waals surface area contributed by atoms with Crippen LogP contribution < -0.4 is 4.74 Å². The second-order valence-corrected chi connectivity index (χ2v) is 4.52. The molecule has 0 aliphatic rings. The predicted molar refractivity (Wildman–Crippen MR) is 69.7 cm³/mol. The monoisotopic (exact) mass is 315 g/mol. The molecule has 2 aromatic rings. The Morgan fingerprint density at radius 3 is 2.50 bits per heavy atom. The van der Waals surface area contributed by atoms with Gasteiger partial charge in [0.15, 0.2) is 11.4 Å². The van der Waals surface area contributed by atoms with Crippen LogP contribution in [0.15, 0.2) is 12.3 Å². The number of pyridine rings is 1. The van der Waals surface area contributed by atoms with Gasteiger partial charge in [0.2, 0.25) is 0 Å². The normalized spacial score (nSPS) is 11.5. The van der Waals surface area contributed by atoms with Crippen molar-refractivity contribution in [3.05, 3.63) is 29.2 Å². The van der Waals surface area contributed by atoms with E-state index >= 15 is 0 Å². The van der Waals surface area contributed by atoms with E-state index < -0.39 is 23.6 Å². The Labute approximate surface area is 123 Å². The molecule has 9 heteroatoms. The highest BCUT2D eigenvalue weighted by Crippen LogP contribution is 2.37. The summed E-state index contributed by atoms with van der Waals surface area (Å²) in [5.74, 6) is -1.66. The minimum atomic E-state index is -4.64. The number of ether oxygens (including phenoxy) is 1. The highest BCUT2D eigenvalue weighted by molar-refractivity contribution is 5.89. The molecule has 0 bridgehead atoms. The van der Waals surface area contributed by atoms with Gasteiger partial charge in [0.25, 0.3) is 0 Å². The third-order valence-corrected chi connectivity index (χ3v) is 3.10. The van der Waals surface area contributed by atoms with Gasteiger partial charge in [-0.05, 0) is 13.0 Å². The molecule has 0 unspecified atom stereocenters. The molecule has 0 radical (unpaired) electrons. The van der Waals surface area contributed by atoms with Gasteiger partial charge >= 0.3 is 12.1 Å². The molecule has 0 saturated carbocycles. The van der Waals surface area contributed by atoms with Gasteiger partial charge in [0.1, 0.15) is 5.75 Å². The van der Waals surface area contributed by atoms with Gasteiger partial charge in [-0.2, -0.15) is 18.3 Å². The lowest BCUT2D eigenvalue weighted by molar-refractivity contribution is -0.142. The van der Waals surface area contributed by atoms with Crippen LogP contribution in [-0.2, 0) is 13.2 Å². The summed E-state index contributed by atoms with van der Waals surface area (Å²) in [4.78, 5) is 14.5. The van der Waals surface area contributed by atoms with Crippen LogP contribution in [0.25, 0.3) is 11.3 Å². The summed E-state index contributed by atoms with van der Waals surface area (Å²) in [6, 6.07) is 1.16. The molecule has 1 N–H and O–H groups in total. The van der Waals surface area contributed by atoms with Crippen LogP contribution >= 0.6 is 0 Å². The van der Waals surface area contributed by atoms with Crippen LogP contribution in [-0.4, -0.2) is 33.0 Å². The fourth-order valence-electron chi connectivity index (χ4n) is 2.18. The summed E-state index contributed by atoms with van der Waals surface area (Å²) in [6.07, 6.45) is -3.63. The van der Waals surface area contributed by atoms with Crippen LogP contribution in [0, 0.1) is 6.92 Å². The van der Waals surface area contributed by atoms with Gasteiger partial charge in [-0.15, -0.1) is 0 Å². The first kappa shape index (κ1) is 15.8. The molecule has 2 rings (SSSR count). The van der Waals surface area contributed by atoms with E-state index in [-0.39, 0.29) is 11.3 Å². The maximum atomic E-state index is 12.8. The number of carbonyl (C=O) groups is 1. The molecule has 0 saturated heterocycles. The van der Waals surface area contributed by atoms with Gasteiger partial charge in [-0.1, -0.05) is 0 Å². The van der Waals surface area contributed by atoms with Crippen molar-refractivity contribution in [2.45, 2.75) is 13.1 Å². The van der Waals surface area contributed by atoms with E-state index in [2.05, 4.69) is 10.1 Å². The third-order valence-electron chi connectivity index (χ3n) is 3.10. The first-order chi connectivity index (χ1) is 10.2. The van der Waals surface area contributed by atoms with Crippen LogP contribution in [0.2, 0.25) is 0 Å². The molecule has 0 aliphatic carbocycles. The summed E-state index contributed by atoms with van der Waals surface area (Å²) in [5.41, 5.74) is -0.339. The molecule has 0 aliphatic heterocycles. The van der Waals surface area contributed by atoms with Gasteiger partial charge < -0.3 is 9.84 Å². The number of hydrogen-bond donors (Lipinski definition) is 1. The second kappa shape index (κ2) is 5.32. The second-order valence-electron chi connectivity index (χ2n) is 4.52. The Morgan fingerprint density at radius 2 is 2.05 bits per heavy atom. The number of carboxylic acid groups (broad SMARTS) is 1. The average molecular weight is 315 g/mol. The smallest absolute Gasteiger partial charge is 0.437 e. The minimum absolute atomic E-state index is 0.170. The largest absolute Gasteiger partial charge is 0.494 e. The van der Waals surface area contributed by atoms with Crippen LogP contribution in [0.1, 0.15) is 21.7 Å². The summed E-state index contributed by atoms with van der Waals surface area (Å²) in [6.45, 7) is 1.52. The maximum Gasteiger partial charge on any atom is 0.437 e. The number of aromatic carboxylic acids is 1. The van der Waals surface area contributed by atoms with Crippen molar-refractivity contribution < 1.29 is 27.8 Å². The number of hydrogen-bond acceptors (Lipinski definition) is 4. The number of nitrogens with zero attached hydrogens (tertiary/aromatic N) is 3. The highest BCUT2D eigenvalue weighted by Gasteiger charge is 2.36. The summed E-state index contributed by atoms with van der Waals surface area (Å²) < 4.78 is 44.4. The number of methoxy groups -OCH3 is 1. The molecule has 0 amide bonds. The maximum absolute atomic E-state index is 12.8. The van der Waals surface area contributed by atoms with Crippen molar-refractivity contribution in [1.29, 1.82) is 0 Å². The molecule has 2 heterocycles. The van der Waals surface area contributed by atoms with E-state index in [1.54, 1.807) is 0 Å². The fraction of sp³-hybridized carbons (Fsp3) is 0.308. The topological polar surface area (TPSA) is 77.2 Å². The molecule has 2 aromatic heterocycles. The predicted octanol–water partition coefficient (Wildman–Crippen LogP) is 2.52. The van der Waals surface area contributed by atoms with E-state index in [1.807, 2.05) is 0 Å². The van der Waals surface area contributed by atoms with Gasteiger partial charge in [0, 0.05) is 24.4 Å². The Kier molecular flexibility index (Phi) is 3.82. The number of aromatic nitrogens is 3. The highest BCUT2D eigenvalue weighted by atomic mass is 19.4. The zero-order valence-corrected chi connectivity index (χ0v) is 11.9. The van der Waals surface area contributed by atoms with Gasteiger partial charge in [0.05, 0.1) is 12.8 Å². The van der Waals surface area contributed by atoms with E-state index in [9.17, 15) is 18.0 Å². The Balaban J connectivity index is 2.63. The minimum Gasteiger partial charge on any atom is -0.494 e. The number of carboxylic acids is 1. The fourth-order valence-corrected chi connectivity index (χ4v) is 2.18. The lowest BCUT2D eigenvalue weighted by Gasteiger charge is -2.12. The molecular weight excluding hydrogens is 303 g/mol. The first-order valence-electron chi connectivity index (χ1n) is 6.05. The van der Waals surface area contributed by atoms with Crippen molar-refractivity contribution in [3.8, 4) is 17.0 Å². The third kappa shape index (κ3) is 2.61. The van der Waals surface area contributed by atoms with Gasteiger partial charge in [-0.3, -0.25) is 4.68 Å². The van der Waals surface area contributed by atoms with Crippen LogP contribution in [0.4, 0.5) is 13.2 Å². The molecule has 0 spiro atoms. The first-order valence-corrected chi connectivity index (χ1v) is 6.05. The van der Waals surface area contributed by atoms with Crippen molar-refractivity contribution in [2.75, 3.05) is 7.11 Å². The van der Waals surface area contributed by atoms with Crippen LogP contribution in [0.3, 0.4) is 0 Å².